The summed E-state index contributed by atoms with van der Waals surface area (Å²) < 4.78 is 5.64. The van der Waals surface area contributed by atoms with Crippen LogP contribution in [0.15, 0.2) is 48.5 Å². The summed E-state index contributed by atoms with van der Waals surface area (Å²) in [6, 6.07) is 14.1. The minimum atomic E-state index is -1.72. The molecule has 7 nitrogen and oxygen atoms in total. The van der Waals surface area contributed by atoms with E-state index in [1.807, 2.05) is 30.3 Å². The van der Waals surface area contributed by atoms with Crippen molar-refractivity contribution in [2.75, 3.05) is 4.90 Å². The standard InChI is InChI=1S/C26H30BNO6/c1-17-10-11-19(27(32)33)12-20(17)28-21(29)24(2)14-25(3,22(28)30)16-26(4,15-24)23(31)34-13-18-8-6-5-7-9-18/h5-12,32-33H,13-16H2,1-4H3/t24-,25+,26?. The van der Waals surface area contributed by atoms with Gasteiger partial charge in [0, 0.05) is 10.8 Å². The Labute approximate surface area is 199 Å². The number of ether oxygens (including phenoxy) is 1. The maximum atomic E-state index is 13.8. The molecule has 2 aromatic carbocycles. The molecule has 0 aromatic heterocycles. The lowest BCUT2D eigenvalue weighted by molar-refractivity contribution is -0.173. The number of hydrogen-bond donors (Lipinski definition) is 2. The molecule has 2 fully saturated rings. The first-order chi connectivity index (χ1) is 15.9. The van der Waals surface area contributed by atoms with Gasteiger partial charge in [-0.05, 0) is 55.8 Å². The number of carbonyl (C=O) groups excluding carboxylic acids is 3. The molecule has 2 bridgehead atoms. The topological polar surface area (TPSA) is 104 Å². The number of aryl methyl sites for hydroxylation is 1. The Morgan fingerprint density at radius 3 is 2.12 bits per heavy atom. The first kappa shape index (κ1) is 24.2. The normalized spacial score (nSPS) is 28.6. The lowest BCUT2D eigenvalue weighted by atomic mass is 9.51. The van der Waals surface area contributed by atoms with Crippen LogP contribution in [-0.4, -0.2) is 35.0 Å². The van der Waals surface area contributed by atoms with E-state index in [1.165, 1.54) is 11.0 Å². The molecule has 2 aliphatic rings. The van der Waals surface area contributed by atoms with Gasteiger partial charge in [0.25, 0.3) is 0 Å². The summed E-state index contributed by atoms with van der Waals surface area (Å²) in [6.07, 6.45) is 0.859. The Kier molecular flexibility index (Phi) is 5.94. The first-order valence-electron chi connectivity index (χ1n) is 11.5. The molecule has 8 heteroatoms. The minimum absolute atomic E-state index is 0.131. The minimum Gasteiger partial charge on any atom is -0.460 e. The third-order valence-corrected chi connectivity index (χ3v) is 7.26. The monoisotopic (exact) mass is 463 g/mol. The lowest BCUT2D eigenvalue weighted by Crippen LogP contribution is -2.64. The van der Waals surface area contributed by atoms with Crippen LogP contribution < -0.4 is 10.4 Å². The Morgan fingerprint density at radius 1 is 0.971 bits per heavy atom. The van der Waals surface area contributed by atoms with Gasteiger partial charge >= 0.3 is 13.1 Å². The summed E-state index contributed by atoms with van der Waals surface area (Å²) >= 11 is 0. The molecule has 178 valence electrons. The number of anilines is 1. The molecular weight excluding hydrogens is 433 g/mol. The van der Waals surface area contributed by atoms with E-state index in [-0.39, 0.29) is 36.7 Å². The molecule has 1 saturated heterocycles. The third-order valence-electron chi connectivity index (χ3n) is 7.26. The zero-order chi connectivity index (χ0) is 24.9. The van der Waals surface area contributed by atoms with E-state index in [0.717, 1.165) is 5.56 Å². The summed E-state index contributed by atoms with van der Waals surface area (Å²) in [5.74, 6) is -1.18. The van der Waals surface area contributed by atoms with Crippen LogP contribution in [0.3, 0.4) is 0 Å². The summed E-state index contributed by atoms with van der Waals surface area (Å²) in [6.45, 7) is 7.28. The molecule has 2 amide bonds. The number of fused-ring (bicyclic) bond motifs is 2. The fraction of sp³-hybridized carbons (Fsp3) is 0.423. The number of carbonyl (C=O) groups is 3. The number of esters is 1. The Morgan fingerprint density at radius 2 is 1.56 bits per heavy atom. The van der Waals surface area contributed by atoms with Gasteiger partial charge < -0.3 is 14.8 Å². The van der Waals surface area contributed by atoms with E-state index in [2.05, 4.69) is 0 Å². The highest BCUT2D eigenvalue weighted by molar-refractivity contribution is 6.58. The Bertz CT molecular complexity index is 1120. The summed E-state index contributed by atoms with van der Waals surface area (Å²) in [4.78, 5) is 41.9. The largest absolute Gasteiger partial charge is 0.488 e. The van der Waals surface area contributed by atoms with Gasteiger partial charge in [0.15, 0.2) is 0 Å². The third kappa shape index (κ3) is 4.05. The average molecular weight is 463 g/mol. The molecule has 2 aromatic rings. The van der Waals surface area contributed by atoms with Crippen LogP contribution in [0.25, 0.3) is 0 Å². The van der Waals surface area contributed by atoms with Crippen LogP contribution in [0.2, 0.25) is 0 Å². The van der Waals surface area contributed by atoms with Crippen molar-refractivity contribution in [1.82, 2.24) is 0 Å². The van der Waals surface area contributed by atoms with Gasteiger partial charge in [-0.2, -0.15) is 0 Å². The molecule has 1 unspecified atom stereocenters. The molecular formula is C26H30BNO6. The zero-order valence-corrected chi connectivity index (χ0v) is 20.0. The second-order valence-corrected chi connectivity index (χ2v) is 10.6. The number of imide groups is 1. The van der Waals surface area contributed by atoms with Crippen molar-refractivity contribution < 1.29 is 29.2 Å². The van der Waals surface area contributed by atoms with Gasteiger partial charge in [-0.1, -0.05) is 56.3 Å². The fourth-order valence-electron chi connectivity index (χ4n) is 5.99. The molecule has 1 heterocycles. The van der Waals surface area contributed by atoms with E-state index in [0.29, 0.717) is 17.7 Å². The maximum absolute atomic E-state index is 13.8. The van der Waals surface area contributed by atoms with Gasteiger partial charge in [0.1, 0.15) is 6.61 Å². The van der Waals surface area contributed by atoms with E-state index in [1.54, 1.807) is 39.8 Å². The summed E-state index contributed by atoms with van der Waals surface area (Å²) in [5.41, 5.74) is -0.833. The van der Waals surface area contributed by atoms with Crippen molar-refractivity contribution in [2.45, 2.75) is 53.6 Å². The second kappa shape index (κ2) is 8.36. The van der Waals surface area contributed by atoms with Crippen molar-refractivity contribution in [3.05, 3.63) is 59.7 Å². The van der Waals surface area contributed by atoms with Crippen molar-refractivity contribution in [3.63, 3.8) is 0 Å². The summed E-state index contributed by atoms with van der Waals surface area (Å²) in [7, 11) is -1.72. The SMILES string of the molecule is Cc1ccc(B(O)O)cc1N1C(=O)[C@@]2(C)CC(C)(C(=O)OCc3ccccc3)C[C@](C)(C2)C1=O. The quantitative estimate of drug-likeness (QED) is 0.401. The highest BCUT2D eigenvalue weighted by atomic mass is 16.5. The number of nitrogens with zero attached hydrogens (tertiary/aromatic N) is 1. The molecule has 0 spiro atoms. The van der Waals surface area contributed by atoms with Crippen molar-refractivity contribution in [1.29, 1.82) is 0 Å². The highest BCUT2D eigenvalue weighted by Crippen LogP contribution is 2.59. The fourth-order valence-corrected chi connectivity index (χ4v) is 5.99. The van der Waals surface area contributed by atoms with Crippen LogP contribution in [0.5, 0.6) is 0 Å². The van der Waals surface area contributed by atoms with Crippen LogP contribution in [-0.2, 0) is 25.7 Å². The lowest BCUT2D eigenvalue weighted by Gasteiger charge is -2.55. The number of benzene rings is 2. The molecule has 34 heavy (non-hydrogen) atoms. The van der Waals surface area contributed by atoms with E-state index in [9.17, 15) is 24.4 Å². The van der Waals surface area contributed by atoms with Crippen LogP contribution in [0.4, 0.5) is 5.69 Å². The number of piperidine rings is 1. The van der Waals surface area contributed by atoms with Gasteiger partial charge in [0.2, 0.25) is 11.8 Å². The molecule has 1 aliphatic heterocycles. The van der Waals surface area contributed by atoms with Gasteiger partial charge in [0.05, 0.1) is 11.1 Å². The van der Waals surface area contributed by atoms with Crippen LogP contribution >= 0.6 is 0 Å². The molecule has 1 saturated carbocycles. The van der Waals surface area contributed by atoms with E-state index < -0.39 is 29.3 Å². The van der Waals surface area contributed by atoms with Gasteiger partial charge in [-0.15, -0.1) is 0 Å². The van der Waals surface area contributed by atoms with Gasteiger partial charge in [-0.3, -0.25) is 14.4 Å². The second-order valence-electron chi connectivity index (χ2n) is 10.6. The number of hydrogen-bond acceptors (Lipinski definition) is 6. The molecule has 0 radical (unpaired) electrons. The Hall–Kier alpha value is -2.97. The molecule has 1 aliphatic carbocycles. The predicted octanol–water partition coefficient (Wildman–Crippen LogP) is 2.49. The van der Waals surface area contributed by atoms with E-state index in [4.69, 9.17) is 4.74 Å². The number of rotatable bonds is 5. The maximum Gasteiger partial charge on any atom is 0.488 e. The zero-order valence-electron chi connectivity index (χ0n) is 20.0. The molecule has 3 atom stereocenters. The van der Waals surface area contributed by atoms with Crippen LogP contribution in [0, 0.1) is 23.2 Å². The molecule has 2 N–H and O–H groups in total. The van der Waals surface area contributed by atoms with Crippen molar-refractivity contribution >= 4 is 36.1 Å². The highest BCUT2D eigenvalue weighted by Gasteiger charge is 2.64. The molecule has 4 rings (SSSR count). The van der Waals surface area contributed by atoms with Crippen molar-refractivity contribution in [2.24, 2.45) is 16.2 Å². The smallest absolute Gasteiger partial charge is 0.460 e. The number of amides is 2. The van der Waals surface area contributed by atoms with E-state index >= 15 is 0 Å². The predicted molar refractivity (Wildman–Crippen MR) is 128 cm³/mol. The Balaban J connectivity index is 1.66. The van der Waals surface area contributed by atoms with Crippen molar-refractivity contribution in [3.8, 4) is 0 Å². The summed E-state index contributed by atoms with van der Waals surface area (Å²) in [5, 5.41) is 19.2. The first-order valence-corrected chi connectivity index (χ1v) is 11.5. The average Bonchev–Trinajstić information content (AvgIpc) is 2.77. The van der Waals surface area contributed by atoms with Gasteiger partial charge in [-0.25, -0.2) is 4.90 Å². The van der Waals surface area contributed by atoms with Crippen LogP contribution in [0.1, 0.15) is 51.2 Å².